The fourth-order valence-corrected chi connectivity index (χ4v) is 2.31. The molecule has 2 aromatic carbocycles. The minimum Gasteiger partial charge on any atom is -0.456 e. The standard InChI is InChI=1S/C16H18BrNO/c1-10-5-4-6-15(11(10)2)19-16-8-7-13(12(3)18)9-14(16)17/h4-9,12H,18H2,1-3H3. The third-order valence-electron chi connectivity index (χ3n) is 3.26. The molecule has 0 aliphatic heterocycles. The molecular formula is C16H18BrNO. The summed E-state index contributed by atoms with van der Waals surface area (Å²) in [4.78, 5) is 0. The molecule has 2 N–H and O–H groups in total. The Bertz CT molecular complexity index is 593. The summed E-state index contributed by atoms with van der Waals surface area (Å²) in [5.74, 6) is 1.69. The zero-order chi connectivity index (χ0) is 14.0. The zero-order valence-electron chi connectivity index (χ0n) is 11.4. The van der Waals surface area contributed by atoms with Gasteiger partial charge in [0.2, 0.25) is 0 Å². The van der Waals surface area contributed by atoms with Gasteiger partial charge in [-0.15, -0.1) is 0 Å². The average molecular weight is 320 g/mol. The van der Waals surface area contributed by atoms with Crippen LogP contribution < -0.4 is 10.5 Å². The summed E-state index contributed by atoms with van der Waals surface area (Å²) >= 11 is 3.54. The Kier molecular flexibility index (Phi) is 4.27. The minimum atomic E-state index is 0.0195. The number of aryl methyl sites for hydroxylation is 1. The summed E-state index contributed by atoms with van der Waals surface area (Å²) in [5, 5.41) is 0. The molecule has 2 nitrogen and oxygen atoms in total. The molecule has 0 radical (unpaired) electrons. The van der Waals surface area contributed by atoms with Crippen molar-refractivity contribution < 1.29 is 4.74 Å². The maximum absolute atomic E-state index is 5.97. The topological polar surface area (TPSA) is 35.2 Å². The normalized spacial score (nSPS) is 12.3. The number of rotatable bonds is 3. The van der Waals surface area contributed by atoms with Gasteiger partial charge >= 0.3 is 0 Å². The van der Waals surface area contributed by atoms with Gasteiger partial charge in [-0.2, -0.15) is 0 Å². The fraction of sp³-hybridized carbons (Fsp3) is 0.250. The molecule has 3 heteroatoms. The third-order valence-corrected chi connectivity index (χ3v) is 3.88. The van der Waals surface area contributed by atoms with E-state index in [0.29, 0.717) is 0 Å². The molecule has 0 saturated carbocycles. The predicted octanol–water partition coefficient (Wildman–Crippen LogP) is 4.88. The largest absolute Gasteiger partial charge is 0.456 e. The first kappa shape index (κ1) is 14.1. The molecule has 19 heavy (non-hydrogen) atoms. The van der Waals surface area contributed by atoms with Crippen LogP contribution in [0.3, 0.4) is 0 Å². The van der Waals surface area contributed by atoms with Crippen molar-refractivity contribution in [1.29, 1.82) is 0 Å². The van der Waals surface area contributed by atoms with Gasteiger partial charge in [-0.3, -0.25) is 0 Å². The molecule has 0 bridgehead atoms. The Hall–Kier alpha value is -1.32. The lowest BCUT2D eigenvalue weighted by molar-refractivity contribution is 0.475. The van der Waals surface area contributed by atoms with Crippen molar-refractivity contribution in [2.75, 3.05) is 0 Å². The van der Waals surface area contributed by atoms with Gasteiger partial charge in [-0.25, -0.2) is 0 Å². The molecule has 1 atom stereocenters. The highest BCUT2D eigenvalue weighted by molar-refractivity contribution is 9.10. The molecule has 0 heterocycles. The van der Waals surface area contributed by atoms with Crippen LogP contribution in [0, 0.1) is 13.8 Å². The van der Waals surface area contributed by atoms with Crippen LogP contribution in [-0.2, 0) is 0 Å². The fourth-order valence-electron chi connectivity index (χ4n) is 1.84. The summed E-state index contributed by atoms with van der Waals surface area (Å²) in [6, 6.07) is 12.0. The minimum absolute atomic E-state index is 0.0195. The molecular weight excluding hydrogens is 302 g/mol. The lowest BCUT2D eigenvalue weighted by atomic mass is 10.1. The predicted molar refractivity (Wildman–Crippen MR) is 82.7 cm³/mol. The van der Waals surface area contributed by atoms with Crippen LogP contribution in [0.4, 0.5) is 0 Å². The van der Waals surface area contributed by atoms with Crippen LogP contribution in [0.25, 0.3) is 0 Å². The molecule has 0 spiro atoms. The first-order chi connectivity index (χ1) is 8.99. The van der Waals surface area contributed by atoms with Crippen LogP contribution in [0.2, 0.25) is 0 Å². The number of halogens is 1. The monoisotopic (exact) mass is 319 g/mol. The third kappa shape index (κ3) is 3.17. The highest BCUT2D eigenvalue weighted by Crippen LogP contribution is 2.33. The number of ether oxygens (including phenoxy) is 1. The Morgan fingerprint density at radius 2 is 1.84 bits per heavy atom. The van der Waals surface area contributed by atoms with Crippen molar-refractivity contribution >= 4 is 15.9 Å². The smallest absolute Gasteiger partial charge is 0.141 e. The van der Waals surface area contributed by atoms with Crippen LogP contribution in [0.5, 0.6) is 11.5 Å². The summed E-state index contributed by atoms with van der Waals surface area (Å²) < 4.78 is 6.89. The summed E-state index contributed by atoms with van der Waals surface area (Å²) in [7, 11) is 0. The number of hydrogen-bond donors (Lipinski definition) is 1. The van der Waals surface area contributed by atoms with Crippen molar-refractivity contribution in [3.05, 3.63) is 57.6 Å². The molecule has 0 aliphatic carbocycles. The Labute approximate surface area is 122 Å². The van der Waals surface area contributed by atoms with E-state index < -0.39 is 0 Å². The van der Waals surface area contributed by atoms with Crippen molar-refractivity contribution in [3.8, 4) is 11.5 Å². The summed E-state index contributed by atoms with van der Waals surface area (Å²) in [6.07, 6.45) is 0. The van der Waals surface area contributed by atoms with Crippen molar-refractivity contribution in [1.82, 2.24) is 0 Å². The van der Waals surface area contributed by atoms with E-state index in [9.17, 15) is 0 Å². The van der Waals surface area contributed by atoms with Crippen LogP contribution >= 0.6 is 15.9 Å². The van der Waals surface area contributed by atoms with Gasteiger partial charge in [0.05, 0.1) is 4.47 Å². The SMILES string of the molecule is Cc1cccc(Oc2ccc(C(C)N)cc2Br)c1C. The van der Waals surface area contributed by atoms with E-state index in [0.717, 1.165) is 27.1 Å². The highest BCUT2D eigenvalue weighted by atomic mass is 79.9. The first-order valence-corrected chi connectivity index (χ1v) is 7.07. The molecule has 0 aromatic heterocycles. The van der Waals surface area contributed by atoms with Crippen molar-refractivity contribution in [3.63, 3.8) is 0 Å². The lowest BCUT2D eigenvalue weighted by Crippen LogP contribution is -2.04. The molecule has 2 aromatic rings. The number of hydrogen-bond acceptors (Lipinski definition) is 2. The Morgan fingerprint density at radius 3 is 2.47 bits per heavy atom. The van der Waals surface area contributed by atoms with Gasteiger partial charge in [0.15, 0.2) is 0 Å². The first-order valence-electron chi connectivity index (χ1n) is 6.28. The van der Waals surface area contributed by atoms with E-state index in [2.05, 4.69) is 35.8 Å². The van der Waals surface area contributed by atoms with Gasteiger partial charge in [0, 0.05) is 6.04 Å². The molecule has 100 valence electrons. The van der Waals surface area contributed by atoms with Gasteiger partial charge in [-0.05, 0) is 71.6 Å². The molecule has 0 saturated heterocycles. The van der Waals surface area contributed by atoms with Gasteiger partial charge in [0.25, 0.3) is 0 Å². The number of nitrogens with two attached hydrogens (primary N) is 1. The molecule has 1 unspecified atom stereocenters. The highest BCUT2D eigenvalue weighted by Gasteiger charge is 2.08. The van der Waals surface area contributed by atoms with Crippen LogP contribution in [0.1, 0.15) is 29.7 Å². The average Bonchev–Trinajstić information content (AvgIpc) is 2.37. The molecule has 0 amide bonds. The maximum Gasteiger partial charge on any atom is 0.141 e. The summed E-state index contributed by atoms with van der Waals surface area (Å²) in [6.45, 7) is 6.11. The van der Waals surface area contributed by atoms with Crippen molar-refractivity contribution in [2.24, 2.45) is 5.73 Å². The van der Waals surface area contributed by atoms with Crippen LogP contribution in [0.15, 0.2) is 40.9 Å². The Balaban J connectivity index is 2.31. The zero-order valence-corrected chi connectivity index (χ0v) is 13.0. The van der Waals surface area contributed by atoms with Crippen LogP contribution in [-0.4, -0.2) is 0 Å². The summed E-state index contributed by atoms with van der Waals surface area (Å²) in [5.41, 5.74) is 9.33. The lowest BCUT2D eigenvalue weighted by Gasteiger charge is -2.13. The van der Waals surface area contributed by atoms with Gasteiger partial charge in [0.1, 0.15) is 11.5 Å². The molecule has 0 aliphatic rings. The van der Waals surface area contributed by atoms with E-state index in [4.69, 9.17) is 10.5 Å². The van der Waals surface area contributed by atoms with E-state index >= 15 is 0 Å². The van der Waals surface area contributed by atoms with E-state index in [1.54, 1.807) is 0 Å². The van der Waals surface area contributed by atoms with Gasteiger partial charge in [-0.1, -0.05) is 18.2 Å². The quantitative estimate of drug-likeness (QED) is 0.875. The van der Waals surface area contributed by atoms with Gasteiger partial charge < -0.3 is 10.5 Å². The second-order valence-corrected chi connectivity index (χ2v) is 5.63. The second-order valence-electron chi connectivity index (χ2n) is 4.78. The maximum atomic E-state index is 5.97. The molecule has 2 rings (SSSR count). The molecule has 0 fully saturated rings. The van der Waals surface area contributed by atoms with E-state index in [1.807, 2.05) is 37.3 Å². The van der Waals surface area contributed by atoms with E-state index in [-0.39, 0.29) is 6.04 Å². The second kappa shape index (κ2) is 5.76. The Morgan fingerprint density at radius 1 is 1.11 bits per heavy atom. The van der Waals surface area contributed by atoms with Crippen molar-refractivity contribution in [2.45, 2.75) is 26.8 Å². The number of benzene rings is 2. The van der Waals surface area contributed by atoms with E-state index in [1.165, 1.54) is 5.56 Å².